The molecule has 0 fully saturated rings. The van der Waals surface area contributed by atoms with Crippen molar-refractivity contribution in [1.82, 2.24) is 4.98 Å². The Morgan fingerprint density at radius 2 is 2.14 bits per heavy atom. The number of pyridine rings is 1. The number of rotatable bonds is 3. The van der Waals surface area contributed by atoms with Crippen molar-refractivity contribution in [2.45, 2.75) is 26.2 Å². The van der Waals surface area contributed by atoms with E-state index in [1.165, 1.54) is 5.56 Å². The van der Waals surface area contributed by atoms with Gasteiger partial charge in [0.25, 0.3) is 0 Å². The van der Waals surface area contributed by atoms with Gasteiger partial charge in [-0.3, -0.25) is 0 Å². The molecule has 1 aromatic carbocycles. The molecule has 0 atom stereocenters. The second kappa shape index (κ2) is 5.45. The van der Waals surface area contributed by atoms with Crippen LogP contribution in [-0.4, -0.2) is 12.1 Å². The van der Waals surface area contributed by atoms with Crippen LogP contribution in [0, 0.1) is 18.3 Å². The first-order chi connectivity index (χ1) is 10.2. The topological polar surface area (TPSA) is 57.9 Å². The maximum absolute atomic E-state index is 9.33. The van der Waals surface area contributed by atoms with Crippen molar-refractivity contribution in [2.75, 3.05) is 12.4 Å². The van der Waals surface area contributed by atoms with E-state index in [1.54, 1.807) is 7.11 Å². The van der Waals surface area contributed by atoms with Gasteiger partial charge in [0.2, 0.25) is 0 Å². The lowest BCUT2D eigenvalue weighted by Crippen LogP contribution is -2.02. The van der Waals surface area contributed by atoms with Gasteiger partial charge >= 0.3 is 0 Å². The fourth-order valence-corrected chi connectivity index (χ4v) is 2.68. The number of fused-ring (bicyclic) bond motifs is 1. The molecular weight excluding hydrogens is 262 g/mol. The number of nitriles is 1. The Labute approximate surface area is 124 Å². The van der Waals surface area contributed by atoms with E-state index < -0.39 is 0 Å². The molecule has 0 unspecified atom stereocenters. The van der Waals surface area contributed by atoms with Gasteiger partial charge in [-0.05, 0) is 61.6 Å². The fourth-order valence-electron chi connectivity index (χ4n) is 2.68. The number of benzene rings is 1. The van der Waals surface area contributed by atoms with E-state index in [0.29, 0.717) is 11.4 Å². The molecular formula is C17H17N3O. The monoisotopic (exact) mass is 279 g/mol. The van der Waals surface area contributed by atoms with Gasteiger partial charge in [0.05, 0.1) is 12.7 Å². The van der Waals surface area contributed by atoms with Gasteiger partial charge in [0.15, 0.2) is 0 Å². The summed E-state index contributed by atoms with van der Waals surface area (Å²) in [7, 11) is 1.65. The largest absolute Gasteiger partial charge is 0.497 e. The molecule has 0 aliphatic heterocycles. The average Bonchev–Trinajstić information content (AvgIpc) is 2.95. The predicted octanol–water partition coefficient (Wildman–Crippen LogP) is 3.50. The van der Waals surface area contributed by atoms with E-state index in [9.17, 15) is 5.26 Å². The van der Waals surface area contributed by atoms with Crippen molar-refractivity contribution in [3.05, 3.63) is 46.6 Å². The molecule has 0 saturated heterocycles. The molecule has 0 amide bonds. The van der Waals surface area contributed by atoms with Gasteiger partial charge in [-0.25, -0.2) is 4.98 Å². The van der Waals surface area contributed by atoms with E-state index >= 15 is 0 Å². The normalized spacial score (nSPS) is 12.6. The Morgan fingerprint density at radius 3 is 2.86 bits per heavy atom. The predicted molar refractivity (Wildman–Crippen MR) is 82.0 cm³/mol. The molecule has 2 aromatic rings. The Kier molecular flexibility index (Phi) is 3.49. The van der Waals surface area contributed by atoms with E-state index in [1.807, 2.05) is 31.2 Å². The molecule has 21 heavy (non-hydrogen) atoms. The van der Waals surface area contributed by atoms with Gasteiger partial charge in [-0.15, -0.1) is 0 Å². The number of nitrogens with one attached hydrogen (secondary N) is 1. The molecule has 1 heterocycles. The van der Waals surface area contributed by atoms with Gasteiger partial charge in [0.1, 0.15) is 17.6 Å². The second-order valence-electron chi connectivity index (χ2n) is 5.26. The summed E-state index contributed by atoms with van der Waals surface area (Å²) >= 11 is 0. The zero-order valence-electron chi connectivity index (χ0n) is 12.2. The number of nitrogens with zero attached hydrogens (tertiary/aromatic N) is 2. The molecule has 106 valence electrons. The van der Waals surface area contributed by atoms with Gasteiger partial charge in [0, 0.05) is 11.4 Å². The third-order valence-corrected chi connectivity index (χ3v) is 3.86. The van der Waals surface area contributed by atoms with Crippen LogP contribution in [0.2, 0.25) is 0 Å². The molecule has 0 bridgehead atoms. The Hall–Kier alpha value is -2.54. The lowest BCUT2D eigenvalue weighted by Gasteiger charge is -2.12. The van der Waals surface area contributed by atoms with E-state index in [0.717, 1.165) is 42.0 Å². The Bertz CT molecular complexity index is 732. The minimum Gasteiger partial charge on any atom is -0.497 e. The molecule has 3 rings (SSSR count). The highest BCUT2D eigenvalue weighted by atomic mass is 16.5. The fraction of sp³-hybridized carbons (Fsp3) is 0.294. The number of methoxy groups -OCH3 is 1. The number of ether oxygens (including phenoxy) is 1. The molecule has 1 N–H and O–H groups in total. The minimum absolute atomic E-state index is 0.603. The maximum Gasteiger partial charge on any atom is 0.148 e. The van der Waals surface area contributed by atoms with Crippen molar-refractivity contribution in [1.29, 1.82) is 5.26 Å². The summed E-state index contributed by atoms with van der Waals surface area (Å²) in [5.41, 5.74) is 4.93. The highest BCUT2D eigenvalue weighted by Gasteiger charge is 2.16. The molecule has 0 radical (unpaired) electrons. The van der Waals surface area contributed by atoms with Gasteiger partial charge < -0.3 is 10.1 Å². The number of hydrogen-bond donors (Lipinski definition) is 1. The lowest BCUT2D eigenvalue weighted by atomic mass is 10.1. The van der Waals surface area contributed by atoms with Crippen LogP contribution in [0.25, 0.3) is 0 Å². The summed E-state index contributed by atoms with van der Waals surface area (Å²) in [5, 5.41) is 12.6. The summed E-state index contributed by atoms with van der Waals surface area (Å²) in [6.45, 7) is 2.00. The molecule has 1 aromatic heterocycles. The standard InChI is InChI=1S/C17H17N3O/c1-11-8-14(21-2)6-7-15(11)19-17-13(10-18)9-12-4-3-5-16(12)20-17/h6-9H,3-5H2,1-2H3,(H,19,20). The van der Waals surface area contributed by atoms with Crippen molar-refractivity contribution in [2.24, 2.45) is 0 Å². The number of anilines is 2. The molecule has 1 aliphatic carbocycles. The van der Waals surface area contributed by atoms with Gasteiger partial charge in [-0.2, -0.15) is 5.26 Å². The average molecular weight is 279 g/mol. The Balaban J connectivity index is 1.97. The van der Waals surface area contributed by atoms with Crippen LogP contribution in [0.3, 0.4) is 0 Å². The molecule has 4 nitrogen and oxygen atoms in total. The van der Waals surface area contributed by atoms with Crippen LogP contribution in [0.15, 0.2) is 24.3 Å². The quantitative estimate of drug-likeness (QED) is 0.934. The van der Waals surface area contributed by atoms with E-state index in [2.05, 4.69) is 16.4 Å². The molecule has 4 heteroatoms. The van der Waals surface area contributed by atoms with Crippen molar-refractivity contribution < 1.29 is 4.74 Å². The van der Waals surface area contributed by atoms with E-state index in [-0.39, 0.29) is 0 Å². The number of hydrogen-bond acceptors (Lipinski definition) is 4. The van der Waals surface area contributed by atoms with E-state index in [4.69, 9.17) is 4.74 Å². The highest BCUT2D eigenvalue weighted by Crippen LogP contribution is 2.29. The lowest BCUT2D eigenvalue weighted by molar-refractivity contribution is 0.414. The first-order valence-electron chi connectivity index (χ1n) is 7.06. The van der Waals surface area contributed by atoms with Crippen molar-refractivity contribution in [3.8, 4) is 11.8 Å². The summed E-state index contributed by atoms with van der Waals surface area (Å²) in [4.78, 5) is 4.64. The molecule has 0 spiro atoms. The third-order valence-electron chi connectivity index (χ3n) is 3.86. The van der Waals surface area contributed by atoms with Crippen LogP contribution in [-0.2, 0) is 12.8 Å². The summed E-state index contributed by atoms with van der Waals surface area (Å²) in [6, 6.07) is 10.0. The smallest absolute Gasteiger partial charge is 0.148 e. The van der Waals surface area contributed by atoms with Crippen LogP contribution < -0.4 is 10.1 Å². The van der Waals surface area contributed by atoms with Crippen LogP contribution in [0.5, 0.6) is 5.75 Å². The van der Waals surface area contributed by atoms with Crippen molar-refractivity contribution in [3.63, 3.8) is 0 Å². The van der Waals surface area contributed by atoms with Crippen LogP contribution in [0.1, 0.15) is 28.8 Å². The van der Waals surface area contributed by atoms with Crippen LogP contribution >= 0.6 is 0 Å². The molecule has 1 aliphatic rings. The number of aromatic nitrogens is 1. The SMILES string of the molecule is COc1ccc(Nc2nc3c(cc2C#N)CCC3)c(C)c1. The minimum atomic E-state index is 0.603. The first-order valence-corrected chi connectivity index (χ1v) is 7.06. The second-order valence-corrected chi connectivity index (χ2v) is 5.26. The summed E-state index contributed by atoms with van der Waals surface area (Å²) in [6.07, 6.45) is 3.15. The van der Waals surface area contributed by atoms with Crippen molar-refractivity contribution >= 4 is 11.5 Å². The first kappa shape index (κ1) is 13.4. The third kappa shape index (κ3) is 2.55. The zero-order valence-corrected chi connectivity index (χ0v) is 12.2. The van der Waals surface area contributed by atoms with Crippen LogP contribution in [0.4, 0.5) is 11.5 Å². The summed E-state index contributed by atoms with van der Waals surface area (Å²) < 4.78 is 5.21. The van der Waals surface area contributed by atoms with Gasteiger partial charge in [-0.1, -0.05) is 0 Å². The highest BCUT2D eigenvalue weighted by molar-refractivity contribution is 5.67. The Morgan fingerprint density at radius 1 is 1.29 bits per heavy atom. The zero-order chi connectivity index (χ0) is 14.8. The number of aryl methyl sites for hydroxylation is 3. The maximum atomic E-state index is 9.33. The molecule has 0 saturated carbocycles. The summed E-state index contributed by atoms with van der Waals surface area (Å²) in [5.74, 6) is 1.46.